The number of benzene rings is 1. The number of piperidine rings is 1. The van der Waals surface area contributed by atoms with Crippen LogP contribution in [0.1, 0.15) is 18.4 Å². The van der Waals surface area contributed by atoms with Gasteiger partial charge in [-0.25, -0.2) is 0 Å². The summed E-state index contributed by atoms with van der Waals surface area (Å²) < 4.78 is 0. The molecule has 0 aromatic heterocycles. The first-order chi connectivity index (χ1) is 11.2. The average molecular weight is 372 g/mol. The Balaban J connectivity index is 0.00000208. The summed E-state index contributed by atoms with van der Waals surface area (Å²) >= 11 is 5.89. The largest absolute Gasteiger partial charge is 0.340 e. The minimum atomic E-state index is 0. The monoisotopic (exact) mass is 371 g/mol. The Hall–Kier alpha value is -0.810. The quantitative estimate of drug-likeness (QED) is 0.882. The topological polar surface area (TPSA) is 35.6 Å². The SMILES string of the molecule is Cl.O=C(Cc1ccc(Cl)cc1)N1CCN(CC2CCNCC2)CC1. The van der Waals surface area contributed by atoms with Crippen molar-refractivity contribution >= 4 is 29.9 Å². The van der Waals surface area contributed by atoms with E-state index in [-0.39, 0.29) is 18.3 Å². The fourth-order valence-corrected chi connectivity index (χ4v) is 3.62. The van der Waals surface area contributed by atoms with E-state index in [4.69, 9.17) is 11.6 Å². The molecule has 0 radical (unpaired) electrons. The molecule has 4 nitrogen and oxygen atoms in total. The van der Waals surface area contributed by atoms with E-state index >= 15 is 0 Å². The summed E-state index contributed by atoms with van der Waals surface area (Å²) in [5.41, 5.74) is 1.04. The van der Waals surface area contributed by atoms with Crippen LogP contribution in [-0.4, -0.2) is 61.5 Å². The molecule has 2 heterocycles. The van der Waals surface area contributed by atoms with Gasteiger partial charge in [0, 0.05) is 37.7 Å². The van der Waals surface area contributed by atoms with Crippen LogP contribution in [0.15, 0.2) is 24.3 Å². The van der Waals surface area contributed by atoms with Crippen molar-refractivity contribution in [3.05, 3.63) is 34.9 Å². The minimum absolute atomic E-state index is 0. The lowest BCUT2D eigenvalue weighted by atomic mass is 9.97. The predicted octanol–water partition coefficient (Wildman–Crippen LogP) is 2.45. The number of nitrogens with zero attached hydrogens (tertiary/aromatic N) is 2. The van der Waals surface area contributed by atoms with Crippen LogP contribution in [0, 0.1) is 5.92 Å². The molecule has 2 aliphatic heterocycles. The number of piperazine rings is 1. The highest BCUT2D eigenvalue weighted by Gasteiger charge is 2.23. The van der Waals surface area contributed by atoms with E-state index in [1.807, 2.05) is 29.2 Å². The summed E-state index contributed by atoms with van der Waals surface area (Å²) in [5, 5.41) is 4.14. The van der Waals surface area contributed by atoms with Crippen molar-refractivity contribution < 1.29 is 4.79 Å². The Labute approximate surface area is 155 Å². The van der Waals surface area contributed by atoms with Gasteiger partial charge in [0.1, 0.15) is 0 Å². The summed E-state index contributed by atoms with van der Waals surface area (Å²) in [5.74, 6) is 1.06. The van der Waals surface area contributed by atoms with Crippen LogP contribution < -0.4 is 5.32 Å². The van der Waals surface area contributed by atoms with Crippen LogP contribution in [-0.2, 0) is 11.2 Å². The number of carbonyl (C=O) groups excluding carboxylic acids is 1. The molecule has 0 saturated carbocycles. The molecule has 1 aromatic rings. The van der Waals surface area contributed by atoms with Crippen LogP contribution in [0.25, 0.3) is 0 Å². The van der Waals surface area contributed by atoms with Crippen LogP contribution in [0.5, 0.6) is 0 Å². The average Bonchev–Trinajstić information content (AvgIpc) is 2.58. The zero-order chi connectivity index (χ0) is 16.1. The van der Waals surface area contributed by atoms with Gasteiger partial charge in [0.15, 0.2) is 0 Å². The van der Waals surface area contributed by atoms with E-state index < -0.39 is 0 Å². The fraction of sp³-hybridized carbons (Fsp3) is 0.611. The molecule has 24 heavy (non-hydrogen) atoms. The number of hydrogen-bond acceptors (Lipinski definition) is 3. The van der Waals surface area contributed by atoms with Crippen LogP contribution in [0.3, 0.4) is 0 Å². The lowest BCUT2D eigenvalue weighted by molar-refractivity contribution is -0.132. The zero-order valence-electron chi connectivity index (χ0n) is 14.0. The fourth-order valence-electron chi connectivity index (χ4n) is 3.50. The molecule has 2 fully saturated rings. The van der Waals surface area contributed by atoms with Crippen LogP contribution >= 0.6 is 24.0 Å². The number of carbonyl (C=O) groups is 1. The number of amides is 1. The third-order valence-electron chi connectivity index (χ3n) is 4.97. The molecule has 2 saturated heterocycles. The van der Waals surface area contributed by atoms with E-state index in [1.165, 1.54) is 19.4 Å². The van der Waals surface area contributed by atoms with Gasteiger partial charge in [-0.3, -0.25) is 9.69 Å². The molecule has 0 atom stereocenters. The lowest BCUT2D eigenvalue weighted by Gasteiger charge is -2.37. The Morgan fingerprint density at radius 2 is 1.71 bits per heavy atom. The van der Waals surface area contributed by atoms with Crippen molar-refractivity contribution in [1.29, 1.82) is 0 Å². The summed E-state index contributed by atoms with van der Waals surface area (Å²) in [6.45, 7) is 7.25. The number of halogens is 2. The highest BCUT2D eigenvalue weighted by atomic mass is 35.5. The molecule has 134 valence electrons. The summed E-state index contributed by atoms with van der Waals surface area (Å²) in [6, 6.07) is 7.57. The summed E-state index contributed by atoms with van der Waals surface area (Å²) in [6.07, 6.45) is 3.05. The summed E-state index contributed by atoms with van der Waals surface area (Å²) in [7, 11) is 0. The van der Waals surface area contributed by atoms with Crippen molar-refractivity contribution in [3.63, 3.8) is 0 Å². The highest BCUT2D eigenvalue weighted by Crippen LogP contribution is 2.16. The predicted molar refractivity (Wildman–Crippen MR) is 101 cm³/mol. The maximum absolute atomic E-state index is 12.4. The van der Waals surface area contributed by atoms with Gasteiger partial charge >= 0.3 is 0 Å². The van der Waals surface area contributed by atoms with Crippen LogP contribution in [0.4, 0.5) is 0 Å². The maximum atomic E-state index is 12.4. The maximum Gasteiger partial charge on any atom is 0.227 e. The smallest absolute Gasteiger partial charge is 0.227 e. The summed E-state index contributed by atoms with van der Waals surface area (Å²) in [4.78, 5) is 17.0. The second kappa shape index (κ2) is 9.62. The molecule has 1 amide bonds. The van der Waals surface area contributed by atoms with Gasteiger partial charge in [-0.15, -0.1) is 12.4 Å². The van der Waals surface area contributed by atoms with Crippen molar-refractivity contribution in [1.82, 2.24) is 15.1 Å². The molecule has 1 N–H and O–H groups in total. The molecule has 0 spiro atoms. The first kappa shape index (κ1) is 19.5. The number of hydrogen-bond donors (Lipinski definition) is 1. The third-order valence-corrected chi connectivity index (χ3v) is 5.22. The van der Waals surface area contributed by atoms with Crippen molar-refractivity contribution in [2.75, 3.05) is 45.8 Å². The van der Waals surface area contributed by atoms with Crippen molar-refractivity contribution in [2.45, 2.75) is 19.3 Å². The van der Waals surface area contributed by atoms with Crippen molar-refractivity contribution in [2.24, 2.45) is 5.92 Å². The molecule has 2 aliphatic rings. The molecule has 0 bridgehead atoms. The van der Waals surface area contributed by atoms with Gasteiger partial charge in [-0.1, -0.05) is 23.7 Å². The molecule has 0 aliphatic carbocycles. The van der Waals surface area contributed by atoms with Gasteiger partial charge in [0.2, 0.25) is 5.91 Å². The van der Waals surface area contributed by atoms with E-state index in [0.29, 0.717) is 11.4 Å². The van der Waals surface area contributed by atoms with E-state index in [2.05, 4.69) is 10.2 Å². The second-order valence-electron chi connectivity index (χ2n) is 6.68. The Morgan fingerprint density at radius 3 is 2.33 bits per heavy atom. The Bertz CT molecular complexity index is 510. The van der Waals surface area contributed by atoms with E-state index in [1.54, 1.807) is 0 Å². The van der Waals surface area contributed by atoms with Crippen LogP contribution in [0.2, 0.25) is 5.02 Å². The standard InChI is InChI=1S/C18H26ClN3O.ClH/c19-17-3-1-15(2-4-17)13-18(23)22-11-9-21(10-12-22)14-16-5-7-20-8-6-16;/h1-4,16,20H,5-14H2;1H. The first-order valence-corrected chi connectivity index (χ1v) is 9.04. The number of rotatable bonds is 4. The molecule has 0 unspecified atom stereocenters. The zero-order valence-corrected chi connectivity index (χ0v) is 15.6. The second-order valence-corrected chi connectivity index (χ2v) is 7.11. The van der Waals surface area contributed by atoms with Gasteiger partial charge in [-0.05, 0) is 49.5 Å². The third kappa shape index (κ3) is 5.62. The molecule has 3 rings (SSSR count). The van der Waals surface area contributed by atoms with E-state index in [9.17, 15) is 4.79 Å². The molecular formula is C18H27Cl2N3O. The van der Waals surface area contributed by atoms with E-state index in [0.717, 1.165) is 50.7 Å². The van der Waals surface area contributed by atoms with Gasteiger partial charge in [0.05, 0.1) is 6.42 Å². The van der Waals surface area contributed by atoms with Crippen molar-refractivity contribution in [3.8, 4) is 0 Å². The molecule has 6 heteroatoms. The highest BCUT2D eigenvalue weighted by molar-refractivity contribution is 6.30. The minimum Gasteiger partial charge on any atom is -0.340 e. The normalized spacial score (nSPS) is 19.8. The lowest BCUT2D eigenvalue weighted by Crippen LogP contribution is -2.50. The molecule has 1 aromatic carbocycles. The van der Waals surface area contributed by atoms with Gasteiger partial charge in [0.25, 0.3) is 0 Å². The Kier molecular flexibility index (Phi) is 7.82. The molecular weight excluding hydrogens is 345 g/mol. The Morgan fingerprint density at radius 1 is 1.08 bits per heavy atom. The number of nitrogens with one attached hydrogen (secondary N) is 1. The first-order valence-electron chi connectivity index (χ1n) is 8.66. The van der Waals surface area contributed by atoms with Gasteiger partial charge < -0.3 is 10.2 Å². The van der Waals surface area contributed by atoms with Gasteiger partial charge in [-0.2, -0.15) is 0 Å².